The molecule has 0 atom stereocenters. The smallest absolute Gasteiger partial charge is 0.409 e. The molecule has 154 valence electrons. The number of hydrogen-bond acceptors (Lipinski definition) is 8. The van der Waals surface area contributed by atoms with Crippen molar-refractivity contribution in [1.29, 1.82) is 0 Å². The first-order chi connectivity index (χ1) is 14.2. The van der Waals surface area contributed by atoms with Gasteiger partial charge in [-0.2, -0.15) is 0 Å². The normalized spacial score (nSPS) is 17.4. The van der Waals surface area contributed by atoms with Gasteiger partial charge < -0.3 is 24.3 Å². The summed E-state index contributed by atoms with van der Waals surface area (Å²) in [5.41, 5.74) is 0. The summed E-state index contributed by atoms with van der Waals surface area (Å²) in [5.74, 6) is 2.88. The van der Waals surface area contributed by atoms with Crippen LogP contribution < -0.4 is 14.7 Å². The quantitative estimate of drug-likeness (QED) is 0.768. The monoisotopic (exact) mass is 397 g/mol. The molecule has 29 heavy (non-hydrogen) atoms. The van der Waals surface area contributed by atoms with Crippen LogP contribution in [0, 0.1) is 0 Å². The Morgan fingerprint density at radius 1 is 0.862 bits per heavy atom. The summed E-state index contributed by atoms with van der Waals surface area (Å²) in [6, 6.07) is 8.06. The van der Waals surface area contributed by atoms with E-state index in [1.165, 1.54) is 0 Å². The van der Waals surface area contributed by atoms with Gasteiger partial charge in [0.2, 0.25) is 0 Å². The minimum atomic E-state index is -0.235. The second-order valence-electron chi connectivity index (χ2n) is 7.07. The molecule has 9 nitrogen and oxygen atoms in total. The average Bonchev–Trinajstić information content (AvgIpc) is 2.80. The van der Waals surface area contributed by atoms with E-state index in [0.717, 1.165) is 56.7 Å². The van der Waals surface area contributed by atoms with Crippen molar-refractivity contribution in [2.45, 2.75) is 6.92 Å². The first-order valence-electron chi connectivity index (χ1n) is 10.1. The maximum Gasteiger partial charge on any atom is 0.409 e. The van der Waals surface area contributed by atoms with E-state index >= 15 is 0 Å². The molecule has 0 aliphatic carbocycles. The number of rotatable bonds is 4. The highest BCUT2D eigenvalue weighted by atomic mass is 16.6. The van der Waals surface area contributed by atoms with Crippen molar-refractivity contribution in [2.24, 2.45) is 0 Å². The van der Waals surface area contributed by atoms with Crippen LogP contribution in [0.5, 0.6) is 0 Å². The zero-order valence-corrected chi connectivity index (χ0v) is 16.8. The van der Waals surface area contributed by atoms with Crippen molar-refractivity contribution in [1.82, 2.24) is 19.9 Å². The number of pyridine rings is 1. The van der Waals surface area contributed by atoms with E-state index in [1.54, 1.807) is 11.2 Å². The molecule has 0 saturated carbocycles. The van der Waals surface area contributed by atoms with Gasteiger partial charge in [-0.25, -0.2) is 19.7 Å². The lowest BCUT2D eigenvalue weighted by Gasteiger charge is -2.37. The van der Waals surface area contributed by atoms with E-state index in [1.807, 2.05) is 31.3 Å². The molecule has 2 saturated heterocycles. The summed E-state index contributed by atoms with van der Waals surface area (Å²) in [7, 11) is 0. The molecule has 9 heteroatoms. The Morgan fingerprint density at radius 2 is 1.45 bits per heavy atom. The maximum absolute atomic E-state index is 11.9. The molecular weight excluding hydrogens is 370 g/mol. The Kier molecular flexibility index (Phi) is 5.92. The average molecular weight is 397 g/mol. The van der Waals surface area contributed by atoms with Crippen molar-refractivity contribution in [3.05, 3.63) is 36.8 Å². The predicted octanol–water partition coefficient (Wildman–Crippen LogP) is 1.48. The number of nitrogens with zero attached hydrogens (tertiary/aromatic N) is 7. The molecular formula is C20H27N7O2. The number of anilines is 3. The standard InChI is InChI=1S/C20H27N7O2/c1-2-29-20(28)27-13-11-26(12-14-27)19-15-18(22-16-23-19)25-9-7-24(8-10-25)17-5-3-4-6-21-17/h3-6,15-16H,2,7-14H2,1H3. The topological polar surface area (TPSA) is 77.9 Å². The highest BCUT2D eigenvalue weighted by molar-refractivity contribution is 5.68. The molecule has 0 unspecified atom stereocenters. The number of carbonyl (C=O) groups excluding carboxylic acids is 1. The molecule has 0 radical (unpaired) electrons. The highest BCUT2D eigenvalue weighted by Gasteiger charge is 2.24. The van der Waals surface area contributed by atoms with Crippen molar-refractivity contribution < 1.29 is 9.53 Å². The molecule has 2 aliphatic rings. The second kappa shape index (κ2) is 8.93. The van der Waals surface area contributed by atoms with Gasteiger partial charge in [0.15, 0.2) is 0 Å². The molecule has 2 aromatic heterocycles. The van der Waals surface area contributed by atoms with Crippen LogP contribution in [0.2, 0.25) is 0 Å². The van der Waals surface area contributed by atoms with Gasteiger partial charge in [-0.3, -0.25) is 0 Å². The molecule has 1 amide bonds. The first-order valence-corrected chi connectivity index (χ1v) is 10.1. The lowest BCUT2D eigenvalue weighted by atomic mass is 10.3. The Bertz CT molecular complexity index is 803. The van der Waals surface area contributed by atoms with Gasteiger partial charge in [-0.05, 0) is 19.1 Å². The molecule has 2 aromatic rings. The third-order valence-corrected chi connectivity index (χ3v) is 5.34. The first kappa shape index (κ1) is 19.2. The molecule has 4 heterocycles. The van der Waals surface area contributed by atoms with Crippen LogP contribution in [0.15, 0.2) is 36.8 Å². The lowest BCUT2D eigenvalue weighted by Crippen LogP contribution is -2.49. The fourth-order valence-corrected chi connectivity index (χ4v) is 3.72. The number of amides is 1. The van der Waals surface area contributed by atoms with Crippen LogP contribution in [0.4, 0.5) is 22.2 Å². The molecule has 0 N–H and O–H groups in total. The largest absolute Gasteiger partial charge is 0.450 e. The van der Waals surface area contributed by atoms with Gasteiger partial charge in [0.05, 0.1) is 6.61 Å². The zero-order valence-electron chi connectivity index (χ0n) is 16.8. The minimum Gasteiger partial charge on any atom is -0.450 e. The SMILES string of the molecule is CCOC(=O)N1CCN(c2cc(N3CCN(c4ccccn4)CC3)ncn2)CC1. The molecule has 0 aromatic carbocycles. The van der Waals surface area contributed by atoms with Gasteiger partial charge in [0.25, 0.3) is 0 Å². The van der Waals surface area contributed by atoms with Crippen LogP contribution in [0.3, 0.4) is 0 Å². The fraction of sp³-hybridized carbons (Fsp3) is 0.500. The molecule has 4 rings (SSSR count). The van der Waals surface area contributed by atoms with Gasteiger partial charge in [-0.15, -0.1) is 0 Å². The summed E-state index contributed by atoms with van der Waals surface area (Å²) in [4.78, 5) is 33.8. The van der Waals surface area contributed by atoms with E-state index in [9.17, 15) is 4.79 Å². The molecule has 0 bridgehead atoms. The number of aromatic nitrogens is 3. The van der Waals surface area contributed by atoms with Gasteiger partial charge in [0.1, 0.15) is 23.8 Å². The third-order valence-electron chi connectivity index (χ3n) is 5.34. The maximum atomic E-state index is 11.9. The Morgan fingerprint density at radius 3 is 2.00 bits per heavy atom. The van der Waals surface area contributed by atoms with Crippen molar-refractivity contribution in [3.8, 4) is 0 Å². The van der Waals surface area contributed by atoms with Crippen molar-refractivity contribution >= 4 is 23.5 Å². The minimum absolute atomic E-state index is 0.235. The summed E-state index contributed by atoms with van der Waals surface area (Å²) in [6.07, 6.45) is 3.23. The van der Waals surface area contributed by atoms with Crippen molar-refractivity contribution in [2.75, 3.05) is 73.7 Å². The van der Waals surface area contributed by atoms with E-state index < -0.39 is 0 Å². The lowest BCUT2D eigenvalue weighted by molar-refractivity contribution is 0.105. The Balaban J connectivity index is 1.34. The van der Waals surface area contributed by atoms with Crippen LogP contribution in [0.1, 0.15) is 6.92 Å². The van der Waals surface area contributed by atoms with E-state index in [0.29, 0.717) is 19.7 Å². The van der Waals surface area contributed by atoms with E-state index in [2.05, 4.69) is 35.7 Å². The van der Waals surface area contributed by atoms with Gasteiger partial charge in [0, 0.05) is 64.6 Å². The number of carbonyl (C=O) groups is 1. The van der Waals surface area contributed by atoms with Crippen LogP contribution in [0.25, 0.3) is 0 Å². The summed E-state index contributed by atoms with van der Waals surface area (Å²) < 4.78 is 5.09. The van der Waals surface area contributed by atoms with Crippen LogP contribution >= 0.6 is 0 Å². The number of hydrogen-bond donors (Lipinski definition) is 0. The Labute approximate surface area is 170 Å². The zero-order chi connectivity index (χ0) is 20.1. The van der Waals surface area contributed by atoms with E-state index in [-0.39, 0.29) is 6.09 Å². The van der Waals surface area contributed by atoms with Crippen LogP contribution in [-0.4, -0.2) is 84.9 Å². The second-order valence-corrected chi connectivity index (χ2v) is 7.07. The van der Waals surface area contributed by atoms with Gasteiger partial charge in [-0.1, -0.05) is 6.07 Å². The molecule has 0 spiro atoms. The van der Waals surface area contributed by atoms with Crippen molar-refractivity contribution in [3.63, 3.8) is 0 Å². The van der Waals surface area contributed by atoms with Gasteiger partial charge >= 0.3 is 6.09 Å². The number of ether oxygens (including phenoxy) is 1. The number of piperazine rings is 2. The van der Waals surface area contributed by atoms with Crippen LogP contribution in [-0.2, 0) is 4.74 Å². The summed E-state index contributed by atoms with van der Waals surface area (Å²) >= 11 is 0. The van der Waals surface area contributed by atoms with E-state index in [4.69, 9.17) is 4.74 Å². The predicted molar refractivity (Wildman–Crippen MR) is 112 cm³/mol. The fourth-order valence-electron chi connectivity index (χ4n) is 3.72. The highest BCUT2D eigenvalue weighted by Crippen LogP contribution is 2.21. The molecule has 2 fully saturated rings. The third kappa shape index (κ3) is 4.49. The summed E-state index contributed by atoms with van der Waals surface area (Å²) in [5, 5.41) is 0. The summed E-state index contributed by atoms with van der Waals surface area (Å²) in [6.45, 7) is 8.60. The Hall–Kier alpha value is -3.10. The molecule has 2 aliphatic heterocycles.